The molecule has 0 aromatic rings. The van der Waals surface area contributed by atoms with Gasteiger partial charge in [0.2, 0.25) is 0 Å². The lowest BCUT2D eigenvalue weighted by atomic mass is 9.65. The highest BCUT2D eigenvalue weighted by atomic mass is 16.5. The molecule has 1 aliphatic rings. The number of hydrogen-bond acceptors (Lipinski definition) is 2. The Morgan fingerprint density at radius 1 is 1.29 bits per heavy atom. The molecule has 0 saturated heterocycles. The van der Waals surface area contributed by atoms with Crippen LogP contribution in [0.1, 0.15) is 39.5 Å². The van der Waals surface area contributed by atoms with Crippen molar-refractivity contribution in [1.82, 2.24) is 0 Å². The molecule has 0 atom stereocenters. The van der Waals surface area contributed by atoms with Crippen LogP contribution in [0.15, 0.2) is 0 Å². The summed E-state index contributed by atoms with van der Waals surface area (Å²) in [6.07, 6.45) is 3.43. The van der Waals surface area contributed by atoms with E-state index >= 15 is 0 Å². The van der Waals surface area contributed by atoms with E-state index in [0.717, 1.165) is 25.7 Å². The molecule has 1 aliphatic carbocycles. The summed E-state index contributed by atoms with van der Waals surface area (Å²) in [5, 5.41) is 9.21. The van der Waals surface area contributed by atoms with Crippen LogP contribution in [0.25, 0.3) is 0 Å². The Bertz CT molecular complexity index is 211. The molecule has 1 saturated carbocycles. The molecule has 0 aromatic heterocycles. The van der Waals surface area contributed by atoms with E-state index in [9.17, 15) is 9.90 Å². The van der Waals surface area contributed by atoms with E-state index in [0.29, 0.717) is 12.0 Å². The van der Waals surface area contributed by atoms with Crippen molar-refractivity contribution < 1.29 is 14.6 Å². The summed E-state index contributed by atoms with van der Waals surface area (Å²) in [6.45, 7) is 4.75. The molecule has 1 N–H and O–H groups in total. The molecule has 3 nitrogen and oxygen atoms in total. The molecule has 0 aliphatic heterocycles. The number of carbonyl (C=O) groups is 1. The van der Waals surface area contributed by atoms with Crippen LogP contribution in [-0.4, -0.2) is 24.8 Å². The van der Waals surface area contributed by atoms with Crippen LogP contribution in [0.4, 0.5) is 0 Å². The maximum absolute atomic E-state index is 11.2. The van der Waals surface area contributed by atoms with Gasteiger partial charge in [-0.05, 0) is 31.1 Å². The van der Waals surface area contributed by atoms with Gasteiger partial charge in [-0.2, -0.15) is 0 Å². The second-order valence-electron chi connectivity index (χ2n) is 5.18. The maximum atomic E-state index is 11.2. The number of carboxylic acids is 1. The number of methoxy groups -OCH3 is 1. The molecular formula is C11H20O3. The molecular weight excluding hydrogens is 180 g/mol. The average molecular weight is 200 g/mol. The van der Waals surface area contributed by atoms with Gasteiger partial charge in [0, 0.05) is 7.11 Å². The summed E-state index contributed by atoms with van der Waals surface area (Å²) < 4.78 is 5.03. The number of aliphatic carboxylic acids is 1. The van der Waals surface area contributed by atoms with Crippen molar-refractivity contribution in [3.05, 3.63) is 0 Å². The van der Waals surface area contributed by atoms with Gasteiger partial charge in [-0.25, -0.2) is 0 Å². The Balaban J connectivity index is 2.69. The first-order valence-electron chi connectivity index (χ1n) is 5.14. The molecule has 0 bridgehead atoms. The lowest BCUT2D eigenvalue weighted by Crippen LogP contribution is -2.41. The molecule has 1 fully saturated rings. The summed E-state index contributed by atoms with van der Waals surface area (Å²) in [5.41, 5.74) is -0.322. The van der Waals surface area contributed by atoms with Gasteiger partial charge >= 0.3 is 5.97 Å². The van der Waals surface area contributed by atoms with Crippen molar-refractivity contribution in [3.63, 3.8) is 0 Å². The van der Waals surface area contributed by atoms with Crippen molar-refractivity contribution in [2.24, 2.45) is 10.8 Å². The van der Waals surface area contributed by atoms with Crippen molar-refractivity contribution in [1.29, 1.82) is 0 Å². The molecule has 0 spiro atoms. The first kappa shape index (κ1) is 11.5. The molecule has 0 radical (unpaired) electrons. The first-order chi connectivity index (χ1) is 6.42. The Morgan fingerprint density at radius 2 is 1.79 bits per heavy atom. The summed E-state index contributed by atoms with van der Waals surface area (Å²) in [5.74, 6) is -0.699. The molecule has 0 amide bonds. The van der Waals surface area contributed by atoms with E-state index in [-0.39, 0.29) is 0 Å². The van der Waals surface area contributed by atoms with E-state index < -0.39 is 11.4 Å². The van der Waals surface area contributed by atoms with Gasteiger partial charge < -0.3 is 9.84 Å². The Labute approximate surface area is 85.5 Å². The fraction of sp³-hybridized carbons (Fsp3) is 0.909. The van der Waals surface area contributed by atoms with Gasteiger partial charge in [0.1, 0.15) is 0 Å². The fourth-order valence-electron chi connectivity index (χ4n) is 2.10. The largest absolute Gasteiger partial charge is 0.481 e. The zero-order valence-electron chi connectivity index (χ0n) is 9.30. The fourth-order valence-corrected chi connectivity index (χ4v) is 2.10. The zero-order chi connectivity index (χ0) is 10.8. The molecule has 1 rings (SSSR count). The second-order valence-corrected chi connectivity index (χ2v) is 5.18. The normalized spacial score (nSPS) is 24.5. The summed E-state index contributed by atoms with van der Waals surface area (Å²) in [7, 11) is 1.57. The Morgan fingerprint density at radius 3 is 2.14 bits per heavy atom. The highest BCUT2D eigenvalue weighted by Crippen LogP contribution is 2.45. The van der Waals surface area contributed by atoms with Gasteiger partial charge in [0.05, 0.1) is 12.0 Å². The van der Waals surface area contributed by atoms with Crippen LogP contribution >= 0.6 is 0 Å². The minimum Gasteiger partial charge on any atom is -0.481 e. The highest BCUT2D eigenvalue weighted by Gasteiger charge is 2.44. The maximum Gasteiger partial charge on any atom is 0.311 e. The van der Waals surface area contributed by atoms with Gasteiger partial charge in [0.15, 0.2) is 0 Å². The standard InChI is InChI=1S/C11H20O3/c1-10(2)4-6-11(7-5-10,8-14-3)9(12)13/h4-8H2,1-3H3,(H,12,13). The summed E-state index contributed by atoms with van der Waals surface area (Å²) in [6, 6.07) is 0. The number of carboxylic acid groups (broad SMARTS) is 1. The predicted molar refractivity (Wildman–Crippen MR) is 54.2 cm³/mol. The topological polar surface area (TPSA) is 46.5 Å². The number of ether oxygens (including phenoxy) is 1. The number of rotatable bonds is 3. The smallest absolute Gasteiger partial charge is 0.311 e. The zero-order valence-corrected chi connectivity index (χ0v) is 9.30. The third kappa shape index (κ3) is 2.27. The van der Waals surface area contributed by atoms with Crippen LogP contribution in [-0.2, 0) is 9.53 Å². The van der Waals surface area contributed by atoms with E-state index in [1.54, 1.807) is 7.11 Å². The Kier molecular flexibility index (Phi) is 3.20. The van der Waals surface area contributed by atoms with Crippen molar-refractivity contribution in [2.75, 3.05) is 13.7 Å². The third-order valence-corrected chi connectivity index (χ3v) is 3.43. The van der Waals surface area contributed by atoms with E-state index in [1.165, 1.54) is 0 Å². The van der Waals surface area contributed by atoms with Crippen LogP contribution < -0.4 is 0 Å². The van der Waals surface area contributed by atoms with Gasteiger partial charge in [0.25, 0.3) is 0 Å². The van der Waals surface area contributed by atoms with E-state index in [1.807, 2.05) is 0 Å². The van der Waals surface area contributed by atoms with E-state index in [4.69, 9.17) is 4.74 Å². The minimum absolute atomic E-state index is 0.298. The summed E-state index contributed by atoms with van der Waals surface area (Å²) in [4.78, 5) is 11.2. The molecule has 82 valence electrons. The van der Waals surface area contributed by atoms with Gasteiger partial charge in [-0.3, -0.25) is 4.79 Å². The van der Waals surface area contributed by atoms with Gasteiger partial charge in [-0.15, -0.1) is 0 Å². The van der Waals surface area contributed by atoms with Crippen LogP contribution in [0, 0.1) is 10.8 Å². The monoisotopic (exact) mass is 200 g/mol. The van der Waals surface area contributed by atoms with Crippen LogP contribution in [0.2, 0.25) is 0 Å². The van der Waals surface area contributed by atoms with Crippen molar-refractivity contribution in [3.8, 4) is 0 Å². The van der Waals surface area contributed by atoms with Gasteiger partial charge in [-0.1, -0.05) is 13.8 Å². The van der Waals surface area contributed by atoms with Crippen LogP contribution in [0.3, 0.4) is 0 Å². The third-order valence-electron chi connectivity index (χ3n) is 3.43. The van der Waals surface area contributed by atoms with Crippen molar-refractivity contribution >= 4 is 5.97 Å². The molecule has 14 heavy (non-hydrogen) atoms. The molecule has 0 aromatic carbocycles. The highest BCUT2D eigenvalue weighted by molar-refractivity contribution is 5.75. The quantitative estimate of drug-likeness (QED) is 0.760. The van der Waals surface area contributed by atoms with Crippen molar-refractivity contribution in [2.45, 2.75) is 39.5 Å². The predicted octanol–water partition coefficient (Wildman–Crippen LogP) is 2.30. The minimum atomic E-state index is -0.699. The lowest BCUT2D eigenvalue weighted by molar-refractivity contribution is -0.156. The molecule has 0 heterocycles. The molecule has 0 unspecified atom stereocenters. The van der Waals surface area contributed by atoms with E-state index in [2.05, 4.69) is 13.8 Å². The number of hydrogen-bond donors (Lipinski definition) is 1. The average Bonchev–Trinajstić information content (AvgIpc) is 2.09. The Hall–Kier alpha value is -0.570. The first-order valence-corrected chi connectivity index (χ1v) is 5.14. The molecule has 3 heteroatoms. The second kappa shape index (κ2) is 3.89. The summed E-state index contributed by atoms with van der Waals surface area (Å²) >= 11 is 0. The lowest BCUT2D eigenvalue weighted by Gasteiger charge is -2.40. The van der Waals surface area contributed by atoms with Crippen LogP contribution in [0.5, 0.6) is 0 Å². The SMILES string of the molecule is COCC1(C(=O)O)CCC(C)(C)CC1.